The molecule has 1 aliphatic rings. The van der Waals surface area contributed by atoms with Crippen molar-refractivity contribution >= 4 is 17.7 Å². The molecule has 0 atom stereocenters. The van der Waals surface area contributed by atoms with E-state index in [1.807, 2.05) is 0 Å². The summed E-state index contributed by atoms with van der Waals surface area (Å²) in [6.07, 6.45) is 6.15. The molecular formula is C20H21N5O6. The monoisotopic (exact) mass is 427 g/mol. The van der Waals surface area contributed by atoms with Gasteiger partial charge in [-0.1, -0.05) is 0 Å². The number of benzene rings is 1. The van der Waals surface area contributed by atoms with Crippen LogP contribution >= 0.6 is 0 Å². The molecule has 0 radical (unpaired) electrons. The molecular weight excluding hydrogens is 406 g/mol. The second kappa shape index (κ2) is 8.85. The number of nitrogens with zero attached hydrogens (tertiary/aromatic N) is 4. The van der Waals surface area contributed by atoms with Crippen molar-refractivity contribution in [2.75, 3.05) is 19.7 Å². The summed E-state index contributed by atoms with van der Waals surface area (Å²) in [7, 11) is 0. The van der Waals surface area contributed by atoms with E-state index >= 15 is 0 Å². The number of aromatic amines is 1. The lowest BCUT2D eigenvalue weighted by atomic mass is 10.1. The van der Waals surface area contributed by atoms with Crippen molar-refractivity contribution in [3.05, 3.63) is 51.6 Å². The van der Waals surface area contributed by atoms with Crippen molar-refractivity contribution in [1.29, 1.82) is 5.26 Å². The summed E-state index contributed by atoms with van der Waals surface area (Å²) >= 11 is 0. The van der Waals surface area contributed by atoms with Gasteiger partial charge in [0.2, 0.25) is 5.75 Å². The quantitative estimate of drug-likeness (QED) is 0.180. The third kappa shape index (κ3) is 4.65. The van der Waals surface area contributed by atoms with Gasteiger partial charge in [-0.15, -0.1) is 0 Å². The van der Waals surface area contributed by atoms with E-state index in [0.717, 1.165) is 36.9 Å². The maximum absolute atomic E-state index is 12.8. The van der Waals surface area contributed by atoms with Gasteiger partial charge in [-0.25, -0.2) is 4.98 Å². The number of phenols is 2. The molecule has 2 aromatic rings. The summed E-state index contributed by atoms with van der Waals surface area (Å²) in [5, 5.41) is 39.7. The van der Waals surface area contributed by atoms with Crippen molar-refractivity contribution in [1.82, 2.24) is 14.9 Å². The van der Waals surface area contributed by atoms with Crippen LogP contribution in [-0.4, -0.2) is 55.6 Å². The largest absolute Gasteiger partial charge is 0.504 e. The third-order valence-corrected chi connectivity index (χ3v) is 4.99. The van der Waals surface area contributed by atoms with E-state index in [-0.39, 0.29) is 24.3 Å². The first kappa shape index (κ1) is 21.8. The van der Waals surface area contributed by atoms with Crippen LogP contribution < -0.4 is 0 Å². The summed E-state index contributed by atoms with van der Waals surface area (Å²) in [4.78, 5) is 31.6. The number of aromatic hydroxyl groups is 2. The van der Waals surface area contributed by atoms with Gasteiger partial charge in [0.05, 0.1) is 11.5 Å². The lowest BCUT2D eigenvalue weighted by Gasteiger charge is -2.22. The summed E-state index contributed by atoms with van der Waals surface area (Å²) in [6, 6.07) is 3.80. The van der Waals surface area contributed by atoms with Crippen molar-refractivity contribution in [2.24, 2.45) is 0 Å². The van der Waals surface area contributed by atoms with E-state index < -0.39 is 33.6 Å². The SMILES string of the molecule is CCN(CCOC1(c2ncc[nH]2)CC1)C(=O)/C(C#N)=C/c1cc(O)c(O)c([N+](=O)[O-])c1. The molecule has 1 aromatic carbocycles. The zero-order valence-corrected chi connectivity index (χ0v) is 16.7. The number of ether oxygens (including phenoxy) is 1. The highest BCUT2D eigenvalue weighted by Gasteiger charge is 2.48. The summed E-state index contributed by atoms with van der Waals surface area (Å²) in [5.74, 6) is -1.44. The summed E-state index contributed by atoms with van der Waals surface area (Å²) in [5.41, 5.74) is -1.42. The second-order valence-corrected chi connectivity index (χ2v) is 7.00. The van der Waals surface area contributed by atoms with Crippen LogP contribution in [0.25, 0.3) is 6.08 Å². The van der Waals surface area contributed by atoms with Crippen LogP contribution in [0, 0.1) is 21.4 Å². The Morgan fingerprint density at radius 2 is 2.23 bits per heavy atom. The van der Waals surface area contributed by atoms with Crippen molar-refractivity contribution < 1.29 is 24.7 Å². The van der Waals surface area contributed by atoms with Crippen LogP contribution in [0.1, 0.15) is 31.2 Å². The molecule has 11 nitrogen and oxygen atoms in total. The number of nitrogens with one attached hydrogen (secondary N) is 1. The summed E-state index contributed by atoms with van der Waals surface area (Å²) in [6.45, 7) is 2.54. The van der Waals surface area contributed by atoms with Crippen LogP contribution in [0.4, 0.5) is 5.69 Å². The molecule has 0 unspecified atom stereocenters. The maximum atomic E-state index is 12.8. The number of aromatic nitrogens is 2. The number of H-pyrrole nitrogens is 1. The highest BCUT2D eigenvalue weighted by atomic mass is 16.6. The van der Waals surface area contributed by atoms with E-state index in [1.54, 1.807) is 25.4 Å². The Bertz CT molecular complexity index is 1050. The Morgan fingerprint density at radius 3 is 2.77 bits per heavy atom. The number of carbonyl (C=O) groups excluding carboxylic acids is 1. The first-order chi connectivity index (χ1) is 14.8. The molecule has 1 heterocycles. The zero-order valence-electron chi connectivity index (χ0n) is 16.7. The molecule has 0 spiro atoms. The lowest BCUT2D eigenvalue weighted by Crippen LogP contribution is -2.35. The molecule has 0 aliphatic heterocycles. The number of nitriles is 1. The van der Waals surface area contributed by atoms with Crippen LogP contribution in [0.15, 0.2) is 30.1 Å². The number of carbonyl (C=O) groups is 1. The van der Waals surface area contributed by atoms with Crippen molar-refractivity contribution in [3.8, 4) is 17.6 Å². The van der Waals surface area contributed by atoms with Gasteiger partial charge >= 0.3 is 5.69 Å². The molecule has 0 bridgehead atoms. The number of imidazole rings is 1. The highest BCUT2D eigenvalue weighted by Crippen LogP contribution is 2.47. The Balaban J connectivity index is 1.71. The van der Waals surface area contributed by atoms with Crippen LogP contribution in [0.2, 0.25) is 0 Å². The lowest BCUT2D eigenvalue weighted by molar-refractivity contribution is -0.386. The van der Waals surface area contributed by atoms with Gasteiger partial charge < -0.3 is 24.8 Å². The van der Waals surface area contributed by atoms with Crippen LogP contribution in [-0.2, 0) is 15.1 Å². The van der Waals surface area contributed by atoms with Crippen LogP contribution in [0.3, 0.4) is 0 Å². The Labute approximate surface area is 177 Å². The van der Waals surface area contributed by atoms with Gasteiger partial charge in [-0.2, -0.15) is 5.26 Å². The molecule has 1 aliphatic carbocycles. The Kier molecular flexibility index (Phi) is 6.22. The first-order valence-corrected chi connectivity index (χ1v) is 9.56. The van der Waals surface area contributed by atoms with Gasteiger partial charge in [0.25, 0.3) is 5.91 Å². The number of hydrogen-bond donors (Lipinski definition) is 3. The van der Waals surface area contributed by atoms with E-state index in [2.05, 4.69) is 9.97 Å². The predicted molar refractivity (Wildman–Crippen MR) is 108 cm³/mol. The minimum absolute atomic E-state index is 0.0361. The average Bonchev–Trinajstić information content (AvgIpc) is 3.32. The smallest absolute Gasteiger partial charge is 0.315 e. The molecule has 31 heavy (non-hydrogen) atoms. The number of nitro benzene ring substituents is 1. The van der Waals surface area contributed by atoms with Crippen molar-refractivity contribution in [3.63, 3.8) is 0 Å². The first-order valence-electron chi connectivity index (χ1n) is 9.56. The van der Waals surface area contributed by atoms with Gasteiger partial charge in [-0.3, -0.25) is 14.9 Å². The molecule has 0 saturated heterocycles. The number of amides is 1. The fourth-order valence-corrected chi connectivity index (χ4v) is 3.16. The fraction of sp³-hybridized carbons (Fsp3) is 0.350. The van der Waals surface area contributed by atoms with Gasteiger partial charge in [0.1, 0.15) is 23.1 Å². The minimum atomic E-state index is -0.884. The Hall–Kier alpha value is -3.91. The number of hydrogen-bond acceptors (Lipinski definition) is 8. The summed E-state index contributed by atoms with van der Waals surface area (Å²) < 4.78 is 5.94. The molecule has 1 saturated carbocycles. The minimum Gasteiger partial charge on any atom is -0.504 e. The topological polar surface area (TPSA) is 166 Å². The van der Waals surface area contributed by atoms with Gasteiger partial charge in [0.15, 0.2) is 5.75 Å². The molecule has 3 rings (SSSR count). The number of rotatable bonds is 9. The Morgan fingerprint density at radius 1 is 1.48 bits per heavy atom. The van der Waals surface area contributed by atoms with Crippen molar-refractivity contribution in [2.45, 2.75) is 25.4 Å². The average molecular weight is 427 g/mol. The molecule has 11 heteroatoms. The van der Waals surface area contributed by atoms with Crippen LogP contribution in [0.5, 0.6) is 11.5 Å². The van der Waals surface area contributed by atoms with Gasteiger partial charge in [-0.05, 0) is 37.5 Å². The third-order valence-electron chi connectivity index (χ3n) is 4.99. The fourth-order valence-electron chi connectivity index (χ4n) is 3.16. The molecule has 1 fully saturated rings. The molecule has 1 amide bonds. The number of phenolic OH excluding ortho intramolecular Hbond substituents is 2. The standard InChI is InChI=1S/C20H21N5O6/c1-2-24(7-8-31-20(3-4-20)19-22-5-6-23-19)18(28)14(12-21)9-13-10-15(25(29)30)17(27)16(26)11-13/h5-6,9-11,26-27H,2-4,7-8H2,1H3,(H,22,23)/b14-9+. The second-order valence-electron chi connectivity index (χ2n) is 7.00. The normalized spacial score (nSPS) is 14.6. The maximum Gasteiger partial charge on any atom is 0.315 e. The molecule has 162 valence electrons. The van der Waals surface area contributed by atoms with E-state index in [4.69, 9.17) is 4.74 Å². The van der Waals surface area contributed by atoms with E-state index in [1.165, 1.54) is 4.90 Å². The van der Waals surface area contributed by atoms with E-state index in [0.29, 0.717) is 6.54 Å². The number of likely N-dealkylation sites (N-methyl/N-ethyl adjacent to an activating group) is 1. The zero-order chi connectivity index (χ0) is 22.6. The molecule has 3 N–H and O–H groups in total. The van der Waals surface area contributed by atoms with Gasteiger partial charge in [0, 0.05) is 31.5 Å². The predicted octanol–water partition coefficient (Wildman–Crippen LogP) is 2.19. The highest BCUT2D eigenvalue weighted by molar-refractivity contribution is 6.01. The molecule has 1 aromatic heterocycles. The van der Waals surface area contributed by atoms with E-state index in [9.17, 15) is 30.4 Å². The number of nitro groups is 1.